The van der Waals surface area contributed by atoms with E-state index in [-0.39, 0.29) is 24.7 Å². The Labute approximate surface area is 93.1 Å². The van der Waals surface area contributed by atoms with Gasteiger partial charge < -0.3 is 10.4 Å². The number of nitrogens with zero attached hydrogens (tertiary/aromatic N) is 1. The molecule has 1 rings (SSSR count). The van der Waals surface area contributed by atoms with Crippen LogP contribution in [0.1, 0.15) is 25.3 Å². The van der Waals surface area contributed by atoms with Crippen molar-refractivity contribution in [3.63, 3.8) is 0 Å². The fraction of sp³-hybridized carbons (Fsp3) is 0.500. The highest BCUT2D eigenvalue weighted by atomic mass is 16.4. The van der Waals surface area contributed by atoms with Crippen molar-refractivity contribution >= 4 is 17.7 Å². The molecule has 1 aromatic heterocycles. The van der Waals surface area contributed by atoms with Gasteiger partial charge in [0.25, 0.3) is 0 Å². The Morgan fingerprint density at radius 2 is 2.25 bits per heavy atom. The van der Waals surface area contributed by atoms with Crippen LogP contribution in [0.4, 0.5) is 5.82 Å². The van der Waals surface area contributed by atoms with Crippen molar-refractivity contribution < 1.29 is 14.7 Å². The lowest BCUT2D eigenvalue weighted by Gasteiger charge is -2.08. The second kappa shape index (κ2) is 5.29. The molecule has 0 saturated carbocycles. The molecule has 0 spiro atoms. The summed E-state index contributed by atoms with van der Waals surface area (Å²) in [5, 5.41) is 17.6. The molecule has 1 unspecified atom stereocenters. The van der Waals surface area contributed by atoms with Gasteiger partial charge in [-0.15, -0.1) is 0 Å². The maximum atomic E-state index is 11.5. The Kier molecular flexibility index (Phi) is 4.04. The van der Waals surface area contributed by atoms with Crippen molar-refractivity contribution in [1.82, 2.24) is 10.2 Å². The molecule has 88 valence electrons. The SMILES string of the molecule is Cc1cn[nH]c1NC(=O)CC(C)CC(=O)O. The molecule has 1 aromatic rings. The topological polar surface area (TPSA) is 95.1 Å². The molecule has 1 amide bonds. The highest BCUT2D eigenvalue weighted by molar-refractivity contribution is 5.90. The number of amides is 1. The third-order valence-corrected chi connectivity index (χ3v) is 2.15. The van der Waals surface area contributed by atoms with Gasteiger partial charge in [0, 0.05) is 18.4 Å². The first-order valence-electron chi connectivity index (χ1n) is 5.00. The first kappa shape index (κ1) is 12.2. The van der Waals surface area contributed by atoms with Crippen LogP contribution in [0.5, 0.6) is 0 Å². The number of H-pyrrole nitrogens is 1. The van der Waals surface area contributed by atoms with Gasteiger partial charge >= 0.3 is 5.97 Å². The van der Waals surface area contributed by atoms with Crippen molar-refractivity contribution in [1.29, 1.82) is 0 Å². The normalized spacial score (nSPS) is 12.1. The van der Waals surface area contributed by atoms with Crippen molar-refractivity contribution in [3.8, 4) is 0 Å². The second-order valence-corrected chi connectivity index (χ2v) is 3.88. The second-order valence-electron chi connectivity index (χ2n) is 3.88. The Bertz CT molecular complexity index is 386. The van der Waals surface area contributed by atoms with Gasteiger partial charge in [-0.05, 0) is 12.8 Å². The summed E-state index contributed by atoms with van der Waals surface area (Å²) in [5.74, 6) is -0.715. The summed E-state index contributed by atoms with van der Waals surface area (Å²) in [6.07, 6.45) is 1.79. The maximum absolute atomic E-state index is 11.5. The van der Waals surface area contributed by atoms with Gasteiger partial charge in [-0.25, -0.2) is 0 Å². The third kappa shape index (κ3) is 3.72. The lowest BCUT2D eigenvalue weighted by atomic mass is 10.0. The third-order valence-electron chi connectivity index (χ3n) is 2.15. The average Bonchev–Trinajstić information content (AvgIpc) is 2.49. The predicted octanol–water partition coefficient (Wildman–Crippen LogP) is 1.16. The molecule has 0 bridgehead atoms. The van der Waals surface area contributed by atoms with E-state index in [2.05, 4.69) is 15.5 Å². The summed E-state index contributed by atoms with van der Waals surface area (Å²) >= 11 is 0. The molecule has 1 heterocycles. The van der Waals surface area contributed by atoms with Gasteiger partial charge in [-0.2, -0.15) is 5.10 Å². The zero-order valence-corrected chi connectivity index (χ0v) is 9.28. The Morgan fingerprint density at radius 3 is 2.75 bits per heavy atom. The quantitative estimate of drug-likeness (QED) is 0.700. The van der Waals surface area contributed by atoms with Crippen LogP contribution in [-0.4, -0.2) is 27.2 Å². The van der Waals surface area contributed by atoms with Crippen LogP contribution in [0.25, 0.3) is 0 Å². The standard InChI is InChI=1S/C10H15N3O3/c1-6(4-9(15)16)3-8(14)12-10-7(2)5-11-13-10/h5-6H,3-4H2,1-2H3,(H,15,16)(H2,11,12,13,14). The number of aromatic amines is 1. The summed E-state index contributed by atoms with van der Waals surface area (Å²) in [7, 11) is 0. The molecule has 0 fully saturated rings. The van der Waals surface area contributed by atoms with E-state index in [4.69, 9.17) is 5.11 Å². The number of anilines is 1. The number of nitrogens with one attached hydrogen (secondary N) is 2. The van der Waals surface area contributed by atoms with E-state index in [1.54, 1.807) is 13.1 Å². The van der Waals surface area contributed by atoms with Crippen LogP contribution in [0.15, 0.2) is 6.20 Å². The molecule has 0 radical (unpaired) electrons. The van der Waals surface area contributed by atoms with Crippen molar-refractivity contribution in [3.05, 3.63) is 11.8 Å². The number of aryl methyl sites for hydroxylation is 1. The molecule has 6 nitrogen and oxygen atoms in total. The van der Waals surface area contributed by atoms with Crippen molar-refractivity contribution in [2.75, 3.05) is 5.32 Å². The van der Waals surface area contributed by atoms with Crippen LogP contribution in [0.3, 0.4) is 0 Å². The molecule has 0 aromatic carbocycles. The summed E-state index contributed by atoms with van der Waals surface area (Å²) in [4.78, 5) is 21.9. The molecular weight excluding hydrogens is 210 g/mol. The molecular formula is C10H15N3O3. The summed E-state index contributed by atoms with van der Waals surface area (Å²) < 4.78 is 0. The van der Waals surface area contributed by atoms with Crippen LogP contribution >= 0.6 is 0 Å². The Morgan fingerprint density at radius 1 is 1.56 bits per heavy atom. The number of carbonyl (C=O) groups is 2. The summed E-state index contributed by atoms with van der Waals surface area (Å²) in [6.45, 7) is 3.55. The zero-order valence-electron chi connectivity index (χ0n) is 9.28. The number of carboxylic acids is 1. The number of carbonyl (C=O) groups excluding carboxylic acids is 1. The Hall–Kier alpha value is -1.85. The number of hydrogen-bond donors (Lipinski definition) is 3. The first-order chi connectivity index (χ1) is 7.49. The minimum atomic E-state index is -0.891. The molecule has 0 saturated heterocycles. The maximum Gasteiger partial charge on any atom is 0.303 e. The minimum Gasteiger partial charge on any atom is -0.481 e. The van der Waals surface area contributed by atoms with E-state index in [1.807, 2.05) is 6.92 Å². The molecule has 1 atom stereocenters. The predicted molar refractivity (Wildman–Crippen MR) is 58.0 cm³/mol. The van der Waals surface area contributed by atoms with E-state index in [9.17, 15) is 9.59 Å². The fourth-order valence-corrected chi connectivity index (χ4v) is 1.35. The average molecular weight is 225 g/mol. The lowest BCUT2D eigenvalue weighted by molar-refractivity contribution is -0.138. The molecule has 6 heteroatoms. The van der Waals surface area contributed by atoms with Crippen LogP contribution in [0, 0.1) is 12.8 Å². The molecule has 0 aliphatic heterocycles. The van der Waals surface area contributed by atoms with E-state index in [0.29, 0.717) is 5.82 Å². The van der Waals surface area contributed by atoms with Gasteiger partial charge in [-0.1, -0.05) is 6.92 Å². The number of hydrogen-bond acceptors (Lipinski definition) is 3. The van der Waals surface area contributed by atoms with Gasteiger partial charge in [0.05, 0.1) is 6.20 Å². The van der Waals surface area contributed by atoms with Gasteiger partial charge in [-0.3, -0.25) is 14.7 Å². The zero-order chi connectivity index (χ0) is 12.1. The van der Waals surface area contributed by atoms with Gasteiger partial charge in [0.2, 0.25) is 5.91 Å². The van der Waals surface area contributed by atoms with E-state index in [0.717, 1.165) is 5.56 Å². The summed E-state index contributed by atoms with van der Waals surface area (Å²) in [5.41, 5.74) is 0.847. The number of rotatable bonds is 5. The smallest absolute Gasteiger partial charge is 0.303 e. The van der Waals surface area contributed by atoms with Crippen molar-refractivity contribution in [2.45, 2.75) is 26.7 Å². The van der Waals surface area contributed by atoms with Gasteiger partial charge in [0.1, 0.15) is 5.82 Å². The molecule has 3 N–H and O–H groups in total. The number of aliphatic carboxylic acids is 1. The lowest BCUT2D eigenvalue weighted by Crippen LogP contribution is -2.17. The number of carboxylic acid groups (broad SMARTS) is 1. The highest BCUT2D eigenvalue weighted by Crippen LogP contribution is 2.12. The van der Waals surface area contributed by atoms with Crippen LogP contribution < -0.4 is 5.32 Å². The fourth-order valence-electron chi connectivity index (χ4n) is 1.35. The molecule has 16 heavy (non-hydrogen) atoms. The number of aromatic nitrogens is 2. The van der Waals surface area contributed by atoms with E-state index in [1.165, 1.54) is 0 Å². The van der Waals surface area contributed by atoms with Crippen molar-refractivity contribution in [2.24, 2.45) is 5.92 Å². The molecule has 0 aliphatic rings. The van der Waals surface area contributed by atoms with E-state index < -0.39 is 5.97 Å². The van der Waals surface area contributed by atoms with E-state index >= 15 is 0 Å². The monoisotopic (exact) mass is 225 g/mol. The molecule has 0 aliphatic carbocycles. The van der Waals surface area contributed by atoms with Crippen LogP contribution in [0.2, 0.25) is 0 Å². The first-order valence-corrected chi connectivity index (χ1v) is 5.00. The van der Waals surface area contributed by atoms with Crippen LogP contribution in [-0.2, 0) is 9.59 Å². The Balaban J connectivity index is 2.42. The minimum absolute atomic E-state index is 0.00458. The summed E-state index contributed by atoms with van der Waals surface area (Å²) in [6, 6.07) is 0. The highest BCUT2D eigenvalue weighted by Gasteiger charge is 2.13. The largest absolute Gasteiger partial charge is 0.481 e. The van der Waals surface area contributed by atoms with Gasteiger partial charge in [0.15, 0.2) is 0 Å².